The lowest BCUT2D eigenvalue weighted by atomic mass is 9.82. The second-order valence-electron chi connectivity index (χ2n) is 5.52. The minimum atomic E-state index is -1.02. The molecule has 0 aromatic heterocycles. The third kappa shape index (κ3) is 3.16. The number of aliphatic hydroxyl groups is 1. The van der Waals surface area contributed by atoms with Crippen molar-refractivity contribution in [2.75, 3.05) is 19.7 Å². The minimum Gasteiger partial charge on any atom is -0.382 e. The van der Waals surface area contributed by atoms with Gasteiger partial charge in [-0.2, -0.15) is 0 Å². The fraction of sp³-hybridized carbons (Fsp3) is 0.333. The summed E-state index contributed by atoms with van der Waals surface area (Å²) >= 11 is 0. The van der Waals surface area contributed by atoms with Gasteiger partial charge in [0.1, 0.15) is 11.7 Å². The molecule has 0 saturated carbocycles. The van der Waals surface area contributed by atoms with Crippen molar-refractivity contribution >= 4 is 0 Å². The molecule has 1 heterocycles. The van der Waals surface area contributed by atoms with Crippen molar-refractivity contribution in [2.24, 2.45) is 0 Å². The average molecular weight is 283 g/mol. The molecule has 0 spiro atoms. The molecule has 0 amide bonds. The highest BCUT2D eigenvalue weighted by Gasteiger charge is 2.40. The summed E-state index contributed by atoms with van der Waals surface area (Å²) in [6.45, 7) is 2.14. The van der Waals surface area contributed by atoms with Crippen LogP contribution in [0.4, 0.5) is 0 Å². The van der Waals surface area contributed by atoms with Crippen molar-refractivity contribution in [3.8, 4) is 0 Å². The van der Waals surface area contributed by atoms with E-state index < -0.39 is 5.60 Å². The van der Waals surface area contributed by atoms with Crippen molar-refractivity contribution in [2.45, 2.75) is 18.1 Å². The predicted molar refractivity (Wildman–Crippen MR) is 83.1 cm³/mol. The molecule has 0 aliphatic carbocycles. The predicted octanol–water partition coefficient (Wildman–Crippen LogP) is 2.11. The molecule has 0 unspecified atom stereocenters. The first-order valence-electron chi connectivity index (χ1n) is 7.43. The number of morpholine rings is 1. The zero-order chi connectivity index (χ0) is 14.5. The van der Waals surface area contributed by atoms with E-state index in [0.717, 1.165) is 17.7 Å². The Morgan fingerprint density at radius 3 is 2.33 bits per heavy atom. The molecule has 1 fully saturated rings. The summed E-state index contributed by atoms with van der Waals surface area (Å²) in [7, 11) is 0. The second-order valence-corrected chi connectivity index (χ2v) is 5.52. The Labute approximate surface area is 125 Å². The molecule has 2 aromatic carbocycles. The molecule has 3 nitrogen and oxygen atoms in total. The Bertz CT molecular complexity index is 552. The van der Waals surface area contributed by atoms with Gasteiger partial charge in [-0.3, -0.25) is 0 Å². The van der Waals surface area contributed by atoms with Crippen LogP contribution in [0.2, 0.25) is 0 Å². The van der Waals surface area contributed by atoms with Crippen molar-refractivity contribution in [1.29, 1.82) is 0 Å². The first-order chi connectivity index (χ1) is 10.3. The number of nitrogens with one attached hydrogen (secondary N) is 1. The highest BCUT2D eigenvalue weighted by atomic mass is 16.5. The van der Waals surface area contributed by atoms with Gasteiger partial charge in [0.2, 0.25) is 0 Å². The van der Waals surface area contributed by atoms with Gasteiger partial charge in [0, 0.05) is 19.5 Å². The lowest BCUT2D eigenvalue weighted by Crippen LogP contribution is -2.52. The Morgan fingerprint density at radius 1 is 1.05 bits per heavy atom. The molecular formula is C18H21NO2. The number of benzene rings is 2. The summed E-state index contributed by atoms with van der Waals surface area (Å²) < 4.78 is 5.86. The highest BCUT2D eigenvalue weighted by Crippen LogP contribution is 2.31. The molecule has 2 N–H and O–H groups in total. The summed E-state index contributed by atoms with van der Waals surface area (Å²) in [5, 5.41) is 14.7. The van der Waals surface area contributed by atoms with Gasteiger partial charge in [-0.15, -0.1) is 0 Å². The van der Waals surface area contributed by atoms with Crippen molar-refractivity contribution in [3.63, 3.8) is 0 Å². The Morgan fingerprint density at radius 2 is 1.71 bits per heavy atom. The normalized spacial score (nSPS) is 21.7. The smallest absolute Gasteiger partial charge is 0.121 e. The first kappa shape index (κ1) is 14.3. The van der Waals surface area contributed by atoms with Crippen LogP contribution in [-0.2, 0) is 16.8 Å². The maximum atomic E-state index is 11.4. The third-order valence-corrected chi connectivity index (χ3v) is 4.05. The molecule has 3 heteroatoms. The van der Waals surface area contributed by atoms with Crippen LogP contribution >= 0.6 is 0 Å². The van der Waals surface area contributed by atoms with Crippen molar-refractivity contribution in [3.05, 3.63) is 71.8 Å². The summed E-state index contributed by atoms with van der Waals surface area (Å²) in [5.41, 5.74) is 0.997. The molecule has 1 aliphatic rings. The van der Waals surface area contributed by atoms with Crippen LogP contribution in [0, 0.1) is 0 Å². The van der Waals surface area contributed by atoms with Gasteiger partial charge in [-0.1, -0.05) is 60.7 Å². The lowest BCUT2D eigenvalue weighted by molar-refractivity contribution is -0.124. The van der Waals surface area contributed by atoms with Crippen LogP contribution in [0.1, 0.15) is 11.1 Å². The Kier molecular flexibility index (Phi) is 4.34. The summed E-state index contributed by atoms with van der Waals surface area (Å²) in [6, 6.07) is 19.9. The molecular weight excluding hydrogens is 262 g/mol. The fourth-order valence-electron chi connectivity index (χ4n) is 2.91. The number of hydrogen-bond acceptors (Lipinski definition) is 3. The molecule has 1 aliphatic heterocycles. The van der Waals surface area contributed by atoms with Gasteiger partial charge in [0.05, 0.1) is 6.61 Å². The van der Waals surface area contributed by atoms with Gasteiger partial charge in [0.15, 0.2) is 0 Å². The Balaban J connectivity index is 1.94. The van der Waals surface area contributed by atoms with Crippen LogP contribution in [0.15, 0.2) is 60.7 Å². The van der Waals surface area contributed by atoms with Gasteiger partial charge < -0.3 is 15.2 Å². The second kappa shape index (κ2) is 6.39. The van der Waals surface area contributed by atoms with E-state index in [4.69, 9.17) is 4.74 Å². The highest BCUT2D eigenvalue weighted by molar-refractivity contribution is 5.28. The summed E-state index contributed by atoms with van der Waals surface area (Å²) in [4.78, 5) is 0. The molecule has 3 rings (SSSR count). The van der Waals surface area contributed by atoms with Crippen LogP contribution in [0.3, 0.4) is 0 Å². The largest absolute Gasteiger partial charge is 0.382 e. The van der Waals surface area contributed by atoms with Gasteiger partial charge in [0.25, 0.3) is 0 Å². The molecule has 110 valence electrons. The third-order valence-electron chi connectivity index (χ3n) is 4.05. The number of ether oxygens (including phenoxy) is 1. The molecule has 1 saturated heterocycles. The van der Waals surface area contributed by atoms with Crippen molar-refractivity contribution in [1.82, 2.24) is 5.32 Å². The van der Waals surface area contributed by atoms with E-state index in [0.29, 0.717) is 19.6 Å². The molecule has 0 radical (unpaired) electrons. The average Bonchev–Trinajstić information content (AvgIpc) is 2.57. The fourth-order valence-corrected chi connectivity index (χ4v) is 2.91. The van der Waals surface area contributed by atoms with Crippen LogP contribution in [0.5, 0.6) is 0 Å². The van der Waals surface area contributed by atoms with Gasteiger partial charge >= 0.3 is 0 Å². The number of rotatable bonds is 4. The zero-order valence-electron chi connectivity index (χ0n) is 12.0. The summed E-state index contributed by atoms with van der Waals surface area (Å²) in [5.74, 6) is 0. The van der Waals surface area contributed by atoms with E-state index >= 15 is 0 Å². The van der Waals surface area contributed by atoms with Crippen molar-refractivity contribution < 1.29 is 9.84 Å². The molecule has 2 aromatic rings. The molecule has 21 heavy (non-hydrogen) atoms. The van der Waals surface area contributed by atoms with Crippen LogP contribution in [-0.4, -0.2) is 30.9 Å². The van der Waals surface area contributed by atoms with E-state index in [1.807, 2.05) is 60.7 Å². The zero-order valence-corrected chi connectivity index (χ0v) is 12.0. The standard InChI is InChI=1S/C18H21NO2/c20-18(16-9-5-2-6-10-16,17-14-19-11-12-21-17)13-15-7-3-1-4-8-15/h1-10,17,19-20H,11-14H2/t17-,18+/m1/s1. The van der Waals surface area contributed by atoms with Gasteiger partial charge in [-0.05, 0) is 11.1 Å². The summed E-state index contributed by atoms with van der Waals surface area (Å²) in [6.07, 6.45) is 0.304. The van der Waals surface area contributed by atoms with E-state index in [-0.39, 0.29) is 6.10 Å². The lowest BCUT2D eigenvalue weighted by Gasteiger charge is -2.39. The van der Waals surface area contributed by atoms with E-state index in [1.54, 1.807) is 0 Å². The van der Waals surface area contributed by atoms with E-state index in [2.05, 4.69) is 5.32 Å². The quantitative estimate of drug-likeness (QED) is 0.903. The Hall–Kier alpha value is -1.68. The SMILES string of the molecule is O[C@@](Cc1ccccc1)(c1ccccc1)[C@H]1CNCCO1. The van der Waals surface area contributed by atoms with Crippen LogP contribution in [0.25, 0.3) is 0 Å². The molecule has 0 bridgehead atoms. The van der Waals surface area contributed by atoms with E-state index in [1.165, 1.54) is 0 Å². The van der Waals surface area contributed by atoms with Gasteiger partial charge in [-0.25, -0.2) is 0 Å². The minimum absolute atomic E-state index is 0.242. The monoisotopic (exact) mass is 283 g/mol. The van der Waals surface area contributed by atoms with Crippen LogP contribution < -0.4 is 5.32 Å². The molecule has 2 atom stereocenters. The maximum absolute atomic E-state index is 11.4. The van der Waals surface area contributed by atoms with E-state index in [9.17, 15) is 5.11 Å². The topological polar surface area (TPSA) is 41.5 Å². The maximum Gasteiger partial charge on any atom is 0.121 e. The number of hydrogen-bond donors (Lipinski definition) is 2. The first-order valence-corrected chi connectivity index (χ1v) is 7.43.